The third kappa shape index (κ3) is 8.08. The monoisotopic (exact) mass is 524 g/mol. The molecule has 0 spiro atoms. The van der Waals surface area contributed by atoms with Crippen LogP contribution in [0.5, 0.6) is 0 Å². The van der Waals surface area contributed by atoms with E-state index in [2.05, 4.69) is 25.9 Å². The average molecular weight is 525 g/mol. The Morgan fingerprint density at radius 1 is 1.03 bits per heavy atom. The van der Waals surface area contributed by atoms with Crippen LogP contribution in [0.2, 0.25) is 0 Å². The summed E-state index contributed by atoms with van der Waals surface area (Å²) in [5.41, 5.74) is 3.25. The van der Waals surface area contributed by atoms with Crippen LogP contribution in [0.15, 0.2) is 48.8 Å². The van der Waals surface area contributed by atoms with E-state index in [1.165, 1.54) is 0 Å². The van der Waals surface area contributed by atoms with Crippen LogP contribution in [-0.2, 0) is 17.1 Å². The highest BCUT2D eigenvalue weighted by atomic mass is 32.2. The molecule has 14 heteroatoms. The standard InChI is InChI=1S/C20H22N6O2S.C2HF3O2/c1-3-22-19(27)15-4-6-16(7-5-15)26-17(13-29-2)18(24-25-26)20(28)23-12-14-8-10-21-11-9-14;3-2(4,5)1(6)7/h4-11H,3,12-13H2,1-2H3,(H,22,27)(H,23,28);(H,6,7). The highest BCUT2D eigenvalue weighted by molar-refractivity contribution is 7.97. The number of nitrogens with zero attached hydrogens (tertiary/aromatic N) is 4. The molecular formula is C22H23F3N6O4S. The van der Waals surface area contributed by atoms with Gasteiger partial charge in [0.2, 0.25) is 0 Å². The molecule has 0 fully saturated rings. The third-order valence-electron chi connectivity index (χ3n) is 4.42. The Kier molecular flexibility index (Phi) is 10.4. The van der Waals surface area contributed by atoms with E-state index in [-0.39, 0.29) is 11.8 Å². The van der Waals surface area contributed by atoms with Crippen LogP contribution < -0.4 is 10.6 Å². The Balaban J connectivity index is 0.000000572. The van der Waals surface area contributed by atoms with Crippen molar-refractivity contribution >= 4 is 29.5 Å². The second-order valence-corrected chi connectivity index (χ2v) is 7.84. The summed E-state index contributed by atoms with van der Waals surface area (Å²) in [5, 5.41) is 21.0. The zero-order chi connectivity index (χ0) is 26.7. The number of rotatable bonds is 8. The van der Waals surface area contributed by atoms with Crippen LogP contribution in [0, 0.1) is 0 Å². The molecule has 0 saturated carbocycles. The summed E-state index contributed by atoms with van der Waals surface area (Å²) in [6, 6.07) is 10.7. The first-order valence-electron chi connectivity index (χ1n) is 10.4. The van der Waals surface area contributed by atoms with Gasteiger partial charge < -0.3 is 15.7 Å². The van der Waals surface area contributed by atoms with Gasteiger partial charge in [-0.3, -0.25) is 14.6 Å². The van der Waals surface area contributed by atoms with Crippen LogP contribution in [0.3, 0.4) is 0 Å². The number of carboxylic acid groups (broad SMARTS) is 1. The fourth-order valence-electron chi connectivity index (χ4n) is 2.73. The number of hydrogen-bond acceptors (Lipinski definition) is 7. The van der Waals surface area contributed by atoms with Crippen LogP contribution >= 0.6 is 11.8 Å². The lowest BCUT2D eigenvalue weighted by Crippen LogP contribution is -2.24. The number of halogens is 3. The summed E-state index contributed by atoms with van der Waals surface area (Å²) in [6.07, 6.45) is 0.233. The van der Waals surface area contributed by atoms with Crippen molar-refractivity contribution in [1.29, 1.82) is 0 Å². The van der Waals surface area contributed by atoms with Crippen molar-refractivity contribution in [3.05, 3.63) is 71.3 Å². The summed E-state index contributed by atoms with van der Waals surface area (Å²) in [7, 11) is 0. The van der Waals surface area contributed by atoms with Gasteiger partial charge in [-0.2, -0.15) is 24.9 Å². The average Bonchev–Trinajstić information content (AvgIpc) is 3.27. The van der Waals surface area contributed by atoms with Gasteiger partial charge in [0.1, 0.15) is 0 Å². The Morgan fingerprint density at radius 3 is 2.17 bits per heavy atom. The molecule has 0 saturated heterocycles. The number of hydrogen-bond donors (Lipinski definition) is 3. The first kappa shape index (κ1) is 28.3. The Hall–Kier alpha value is -3.94. The first-order valence-corrected chi connectivity index (χ1v) is 11.8. The van der Waals surface area contributed by atoms with E-state index in [9.17, 15) is 22.8 Å². The molecule has 1 aromatic carbocycles. The van der Waals surface area contributed by atoms with Crippen LogP contribution in [0.25, 0.3) is 5.69 Å². The molecule has 3 aromatic rings. The minimum absolute atomic E-state index is 0.127. The smallest absolute Gasteiger partial charge is 0.475 e. The maximum Gasteiger partial charge on any atom is 0.490 e. The molecule has 0 atom stereocenters. The van der Waals surface area contributed by atoms with E-state index < -0.39 is 12.1 Å². The van der Waals surface area contributed by atoms with E-state index in [0.717, 1.165) is 11.3 Å². The van der Waals surface area contributed by atoms with Crippen LogP contribution in [-0.4, -0.2) is 61.8 Å². The van der Waals surface area contributed by atoms with Gasteiger partial charge in [-0.15, -0.1) is 5.10 Å². The highest BCUT2D eigenvalue weighted by Crippen LogP contribution is 2.18. The summed E-state index contributed by atoms with van der Waals surface area (Å²) in [4.78, 5) is 37.5. The van der Waals surface area contributed by atoms with Crippen molar-refractivity contribution in [2.24, 2.45) is 0 Å². The molecule has 2 heterocycles. The van der Waals surface area contributed by atoms with Gasteiger partial charge in [0.05, 0.1) is 11.4 Å². The number of benzene rings is 1. The Morgan fingerprint density at radius 2 is 1.64 bits per heavy atom. The van der Waals surface area contributed by atoms with Crippen molar-refractivity contribution in [2.75, 3.05) is 12.8 Å². The SMILES string of the molecule is CCNC(=O)c1ccc(-n2nnc(C(=O)NCc3ccncc3)c2CSC)cc1.O=C(O)C(F)(F)F. The first-order chi connectivity index (χ1) is 17.1. The van der Waals surface area contributed by atoms with E-state index in [1.54, 1.807) is 53.1 Å². The summed E-state index contributed by atoms with van der Waals surface area (Å²) in [6.45, 7) is 2.82. The second kappa shape index (κ2) is 13.2. The topological polar surface area (TPSA) is 139 Å². The number of nitrogens with one attached hydrogen (secondary N) is 2. The fraction of sp³-hybridized carbons (Fsp3) is 0.273. The molecule has 0 aliphatic rings. The van der Waals surface area contributed by atoms with Crippen molar-refractivity contribution in [3.63, 3.8) is 0 Å². The number of alkyl halides is 3. The van der Waals surface area contributed by atoms with Gasteiger partial charge in [-0.05, 0) is 55.1 Å². The molecule has 3 rings (SSSR count). The molecule has 0 bridgehead atoms. The number of carbonyl (C=O) groups is 3. The summed E-state index contributed by atoms with van der Waals surface area (Å²) < 4.78 is 33.4. The molecule has 36 heavy (non-hydrogen) atoms. The lowest BCUT2D eigenvalue weighted by molar-refractivity contribution is -0.192. The maximum absolute atomic E-state index is 12.7. The second-order valence-electron chi connectivity index (χ2n) is 6.98. The Labute approximate surface area is 208 Å². The van der Waals surface area contributed by atoms with Crippen molar-refractivity contribution in [2.45, 2.75) is 25.4 Å². The van der Waals surface area contributed by atoms with Gasteiger partial charge in [-0.25, -0.2) is 9.48 Å². The maximum atomic E-state index is 12.7. The molecule has 10 nitrogen and oxygen atoms in total. The van der Waals surface area contributed by atoms with Gasteiger partial charge in [0.25, 0.3) is 11.8 Å². The van der Waals surface area contributed by atoms with Crippen LogP contribution in [0.1, 0.15) is 39.0 Å². The van der Waals surface area contributed by atoms with E-state index in [4.69, 9.17) is 9.90 Å². The van der Waals surface area contributed by atoms with Crippen LogP contribution in [0.4, 0.5) is 13.2 Å². The Bertz CT molecular complexity index is 1170. The number of aromatic nitrogens is 4. The van der Waals surface area contributed by atoms with Gasteiger partial charge in [0, 0.05) is 36.8 Å². The lowest BCUT2D eigenvalue weighted by atomic mass is 10.2. The number of thioether (sulfide) groups is 1. The molecule has 0 aliphatic heterocycles. The van der Waals surface area contributed by atoms with Gasteiger partial charge in [0.15, 0.2) is 5.69 Å². The molecule has 0 aliphatic carbocycles. The molecule has 3 N–H and O–H groups in total. The number of carbonyl (C=O) groups excluding carboxylic acids is 2. The zero-order valence-corrected chi connectivity index (χ0v) is 20.1. The number of carboxylic acids is 1. The van der Waals surface area contributed by atoms with E-state index >= 15 is 0 Å². The highest BCUT2D eigenvalue weighted by Gasteiger charge is 2.38. The van der Waals surface area contributed by atoms with Crippen molar-refractivity contribution in [1.82, 2.24) is 30.6 Å². The third-order valence-corrected chi connectivity index (χ3v) is 4.98. The predicted molar refractivity (Wildman–Crippen MR) is 126 cm³/mol. The normalized spacial score (nSPS) is 10.7. The number of amides is 2. The largest absolute Gasteiger partial charge is 0.490 e. The van der Waals surface area contributed by atoms with Crippen molar-refractivity contribution < 1.29 is 32.7 Å². The molecule has 2 aromatic heterocycles. The lowest BCUT2D eigenvalue weighted by Gasteiger charge is -2.09. The van der Waals surface area contributed by atoms with Gasteiger partial charge >= 0.3 is 12.1 Å². The quantitative estimate of drug-likeness (QED) is 0.409. The van der Waals surface area contributed by atoms with Gasteiger partial charge in [-0.1, -0.05) is 5.21 Å². The van der Waals surface area contributed by atoms with E-state index in [1.807, 2.05) is 25.3 Å². The molecule has 2 amide bonds. The minimum Gasteiger partial charge on any atom is -0.475 e. The molecule has 0 radical (unpaired) electrons. The molecule has 192 valence electrons. The predicted octanol–water partition coefficient (Wildman–Crippen LogP) is 2.84. The summed E-state index contributed by atoms with van der Waals surface area (Å²) >= 11 is 1.58. The zero-order valence-electron chi connectivity index (χ0n) is 19.2. The van der Waals surface area contributed by atoms with E-state index in [0.29, 0.717) is 35.8 Å². The number of pyridine rings is 1. The molecular weight excluding hydrogens is 501 g/mol. The summed E-state index contributed by atoms with van der Waals surface area (Å²) in [5.74, 6) is -2.59. The molecule has 0 unspecified atom stereocenters. The fourth-order valence-corrected chi connectivity index (χ4v) is 3.27. The van der Waals surface area contributed by atoms with Crippen molar-refractivity contribution in [3.8, 4) is 5.69 Å². The number of aliphatic carboxylic acids is 1. The minimum atomic E-state index is -5.08.